The predicted molar refractivity (Wildman–Crippen MR) is 69.9 cm³/mol. The van der Waals surface area contributed by atoms with Crippen LogP contribution in [0.1, 0.15) is 41.0 Å². The van der Waals surface area contributed by atoms with E-state index in [1.807, 2.05) is 41.2 Å². The van der Waals surface area contributed by atoms with Crippen molar-refractivity contribution in [1.29, 1.82) is 0 Å². The summed E-state index contributed by atoms with van der Waals surface area (Å²) in [5.74, 6) is -0.182. The maximum Gasteiger partial charge on any atom is 0.373 e. The second-order valence-electron chi connectivity index (χ2n) is 4.81. The summed E-state index contributed by atoms with van der Waals surface area (Å²) in [6.45, 7) is 12.7. The van der Waals surface area contributed by atoms with Crippen LogP contribution in [-0.2, 0) is 18.4 Å². The number of carbonyl (C=O) groups excluding carboxylic acids is 1. The van der Waals surface area contributed by atoms with Crippen LogP contribution >= 0.6 is 0 Å². The Morgan fingerprint density at radius 1 is 1.12 bits per heavy atom. The zero-order valence-electron chi connectivity index (χ0n) is 12.0. The lowest BCUT2D eigenvalue weighted by Gasteiger charge is -2.27. The normalized spacial score (nSPS) is 12.6. The summed E-state index contributed by atoms with van der Waals surface area (Å²) in [4.78, 5) is 11.8. The van der Waals surface area contributed by atoms with Gasteiger partial charge in [0.05, 0.1) is 5.41 Å². The second kappa shape index (κ2) is 7.13. The van der Waals surface area contributed by atoms with Gasteiger partial charge in [-0.15, -0.1) is 0 Å². The van der Waals surface area contributed by atoms with Gasteiger partial charge >= 0.3 is 14.5 Å². The molecule has 0 atom stereocenters. The molecule has 0 N–H and O–H groups in total. The smallest absolute Gasteiger partial charge is 0.373 e. The summed E-state index contributed by atoms with van der Waals surface area (Å²) in [6, 6.07) is 0. The fourth-order valence-corrected chi connectivity index (χ4v) is 3.14. The summed E-state index contributed by atoms with van der Waals surface area (Å²) in [6.07, 6.45) is 1.02. The molecule has 0 aromatic heterocycles. The molecular weight excluding hydrogens is 236 g/mol. The number of hydrogen-bond acceptors (Lipinski definition) is 4. The van der Waals surface area contributed by atoms with Gasteiger partial charge in [0, 0.05) is 13.2 Å². The van der Waals surface area contributed by atoms with Gasteiger partial charge in [0.2, 0.25) is 0 Å². The molecule has 0 amide bonds. The topological polar surface area (TPSA) is 44.8 Å². The second-order valence-corrected chi connectivity index (χ2v) is 7.95. The van der Waals surface area contributed by atoms with Crippen molar-refractivity contribution in [3.8, 4) is 0 Å². The Labute approximate surface area is 106 Å². The van der Waals surface area contributed by atoms with Gasteiger partial charge in [-0.25, -0.2) is 0 Å². The molecule has 0 aromatic carbocycles. The molecule has 0 rings (SSSR count). The first kappa shape index (κ1) is 16.6. The van der Waals surface area contributed by atoms with E-state index in [1.54, 1.807) is 0 Å². The van der Waals surface area contributed by atoms with Crippen LogP contribution < -0.4 is 0 Å². The van der Waals surface area contributed by atoms with E-state index < -0.39 is 14.0 Å². The molecule has 0 aromatic rings. The largest absolute Gasteiger partial charge is 0.463 e. The molecule has 0 bridgehead atoms. The van der Waals surface area contributed by atoms with E-state index in [-0.39, 0.29) is 12.2 Å². The number of esters is 1. The minimum Gasteiger partial charge on any atom is -0.463 e. The zero-order valence-corrected chi connectivity index (χ0v) is 13.0. The van der Waals surface area contributed by atoms with Crippen LogP contribution in [0.15, 0.2) is 0 Å². The highest BCUT2D eigenvalue weighted by atomic mass is 28.4. The third-order valence-electron chi connectivity index (χ3n) is 2.80. The van der Waals surface area contributed by atoms with Crippen LogP contribution in [0, 0.1) is 5.41 Å². The molecule has 0 saturated heterocycles. The van der Waals surface area contributed by atoms with E-state index in [9.17, 15) is 4.79 Å². The van der Waals surface area contributed by atoms with Crippen LogP contribution in [0.25, 0.3) is 0 Å². The number of hydrogen-bond donors (Lipinski definition) is 0. The molecule has 0 aliphatic rings. The van der Waals surface area contributed by atoms with Gasteiger partial charge in [-0.2, -0.15) is 0 Å². The fraction of sp³-hybridized carbons (Fsp3) is 0.917. The molecule has 4 nitrogen and oxygen atoms in total. The third-order valence-corrected chi connectivity index (χ3v) is 5.27. The highest BCUT2D eigenvalue weighted by Gasteiger charge is 2.35. The lowest BCUT2D eigenvalue weighted by atomic mass is 9.91. The molecule has 0 spiro atoms. The van der Waals surface area contributed by atoms with Gasteiger partial charge in [-0.1, -0.05) is 6.92 Å². The lowest BCUT2D eigenvalue weighted by Crippen LogP contribution is -2.46. The van der Waals surface area contributed by atoms with Crippen LogP contribution in [0.3, 0.4) is 0 Å². The third kappa shape index (κ3) is 5.65. The van der Waals surface area contributed by atoms with Crippen molar-refractivity contribution in [3.63, 3.8) is 0 Å². The Morgan fingerprint density at radius 3 is 1.94 bits per heavy atom. The summed E-state index contributed by atoms with van der Waals surface area (Å²) in [5, 5.41) is 0. The van der Waals surface area contributed by atoms with E-state index in [0.29, 0.717) is 13.2 Å². The van der Waals surface area contributed by atoms with Gasteiger partial charge in [-0.3, -0.25) is 4.79 Å². The molecule has 17 heavy (non-hydrogen) atoms. The summed E-state index contributed by atoms with van der Waals surface area (Å²) < 4.78 is 16.6. The van der Waals surface area contributed by atoms with Crippen molar-refractivity contribution in [2.75, 3.05) is 19.4 Å². The SMILES string of the molecule is CCO[Si](C)(COC(=O)C(C)(C)CC)OCC. The van der Waals surface area contributed by atoms with Crippen molar-refractivity contribution < 1.29 is 18.4 Å². The van der Waals surface area contributed by atoms with Crippen LogP contribution in [0.4, 0.5) is 0 Å². The predicted octanol–water partition coefficient (Wildman–Crippen LogP) is 2.65. The average molecular weight is 262 g/mol. The van der Waals surface area contributed by atoms with E-state index in [0.717, 1.165) is 6.42 Å². The molecule has 0 aliphatic heterocycles. The molecule has 0 heterocycles. The molecule has 102 valence electrons. The first-order chi connectivity index (χ1) is 7.81. The monoisotopic (exact) mass is 262 g/mol. The minimum absolute atomic E-state index is 0.182. The lowest BCUT2D eigenvalue weighted by molar-refractivity contribution is -0.153. The van der Waals surface area contributed by atoms with Crippen molar-refractivity contribution in [2.24, 2.45) is 5.41 Å². The van der Waals surface area contributed by atoms with E-state index >= 15 is 0 Å². The number of rotatable bonds is 8. The Bertz CT molecular complexity index is 235. The van der Waals surface area contributed by atoms with E-state index in [4.69, 9.17) is 13.6 Å². The Balaban J connectivity index is 4.36. The maximum absolute atomic E-state index is 11.8. The summed E-state index contributed by atoms with van der Waals surface area (Å²) in [7, 11) is -2.35. The van der Waals surface area contributed by atoms with Crippen LogP contribution in [-0.4, -0.2) is 34.0 Å². The van der Waals surface area contributed by atoms with E-state index in [1.165, 1.54) is 0 Å². The maximum atomic E-state index is 11.8. The molecular formula is C12H26O4Si. The first-order valence-corrected chi connectivity index (χ1v) is 8.78. The molecule has 0 saturated carbocycles. The van der Waals surface area contributed by atoms with Crippen molar-refractivity contribution in [1.82, 2.24) is 0 Å². The summed E-state index contributed by atoms with van der Waals surface area (Å²) >= 11 is 0. The quantitative estimate of drug-likeness (QED) is 0.498. The van der Waals surface area contributed by atoms with E-state index in [2.05, 4.69) is 0 Å². The van der Waals surface area contributed by atoms with Gasteiger partial charge in [0.25, 0.3) is 0 Å². The molecule has 5 heteroatoms. The van der Waals surface area contributed by atoms with Crippen LogP contribution in [0.2, 0.25) is 6.55 Å². The van der Waals surface area contributed by atoms with Gasteiger partial charge in [0.1, 0.15) is 6.23 Å². The Hall–Kier alpha value is -0.393. The van der Waals surface area contributed by atoms with Crippen molar-refractivity contribution in [3.05, 3.63) is 0 Å². The Morgan fingerprint density at radius 2 is 1.59 bits per heavy atom. The standard InChI is InChI=1S/C12H26O4Si/c1-7-12(4,5)11(13)14-10-17(6,15-8-2)16-9-3/h7-10H2,1-6H3. The first-order valence-electron chi connectivity index (χ1n) is 6.26. The van der Waals surface area contributed by atoms with Crippen molar-refractivity contribution in [2.45, 2.75) is 47.6 Å². The van der Waals surface area contributed by atoms with Gasteiger partial charge in [0.15, 0.2) is 0 Å². The number of carbonyl (C=O) groups is 1. The molecule has 0 radical (unpaired) electrons. The number of ether oxygens (including phenoxy) is 1. The zero-order chi connectivity index (χ0) is 13.5. The van der Waals surface area contributed by atoms with Gasteiger partial charge < -0.3 is 13.6 Å². The molecule has 0 fully saturated rings. The Kier molecular flexibility index (Phi) is 6.97. The molecule has 0 unspecified atom stereocenters. The average Bonchev–Trinajstić information content (AvgIpc) is 2.26. The fourth-order valence-electron chi connectivity index (χ4n) is 1.27. The highest BCUT2D eigenvalue weighted by molar-refractivity contribution is 6.66. The minimum atomic E-state index is -2.35. The summed E-state index contributed by atoms with van der Waals surface area (Å²) in [5.41, 5.74) is -0.437. The molecule has 0 aliphatic carbocycles. The van der Waals surface area contributed by atoms with Crippen LogP contribution in [0.5, 0.6) is 0 Å². The van der Waals surface area contributed by atoms with Gasteiger partial charge in [-0.05, 0) is 40.7 Å². The highest BCUT2D eigenvalue weighted by Crippen LogP contribution is 2.22. The van der Waals surface area contributed by atoms with Crippen molar-refractivity contribution >= 4 is 14.5 Å².